The molecule has 0 saturated heterocycles. The van der Waals surface area contributed by atoms with Crippen molar-refractivity contribution < 1.29 is 9.47 Å². The van der Waals surface area contributed by atoms with Gasteiger partial charge in [-0.05, 0) is 40.6 Å². The van der Waals surface area contributed by atoms with Gasteiger partial charge in [-0.3, -0.25) is 0 Å². The normalized spacial score (nSPS) is 12.8. The van der Waals surface area contributed by atoms with Gasteiger partial charge in [-0.25, -0.2) is 0 Å². The molecule has 0 aliphatic carbocycles. The van der Waals surface area contributed by atoms with Gasteiger partial charge in [0.15, 0.2) is 0 Å². The summed E-state index contributed by atoms with van der Waals surface area (Å²) in [5, 5.41) is 0. The zero-order valence-corrected chi connectivity index (χ0v) is 10.7. The predicted molar refractivity (Wildman–Crippen MR) is 65.2 cm³/mol. The van der Waals surface area contributed by atoms with Crippen molar-refractivity contribution in [3.63, 3.8) is 0 Å². The van der Waals surface area contributed by atoms with Crippen molar-refractivity contribution in [3.05, 3.63) is 33.4 Å². The Balaban J connectivity index is 2.73. The lowest BCUT2D eigenvalue weighted by atomic mass is 10.1. The number of ether oxygens (including phenoxy) is 2. The molecule has 0 bridgehead atoms. The molecule has 0 aromatic heterocycles. The topological polar surface area (TPSA) is 18.5 Å². The van der Waals surface area contributed by atoms with E-state index >= 15 is 0 Å². The van der Waals surface area contributed by atoms with Gasteiger partial charge in [0.05, 0.1) is 6.10 Å². The van der Waals surface area contributed by atoms with Gasteiger partial charge in [0.1, 0.15) is 6.79 Å². The van der Waals surface area contributed by atoms with E-state index < -0.39 is 0 Å². The first kappa shape index (κ1) is 11.9. The fraction of sp³-hybridized carbons (Fsp3) is 0.455. The quantitative estimate of drug-likeness (QED) is 0.613. The van der Waals surface area contributed by atoms with Crippen LogP contribution in [0.25, 0.3) is 0 Å². The second-order valence-electron chi connectivity index (χ2n) is 2.99. The molecule has 0 radical (unpaired) electrons. The Bertz CT molecular complexity index is 276. The highest BCUT2D eigenvalue weighted by atomic mass is 127. The number of benzene rings is 1. The van der Waals surface area contributed by atoms with Crippen LogP contribution in [0, 0.1) is 3.57 Å². The van der Waals surface area contributed by atoms with Crippen molar-refractivity contribution in [2.75, 3.05) is 13.9 Å². The number of hydrogen-bond donors (Lipinski definition) is 0. The first-order valence-corrected chi connectivity index (χ1v) is 5.72. The van der Waals surface area contributed by atoms with Gasteiger partial charge in [0.25, 0.3) is 0 Å². The Kier molecular flexibility index (Phi) is 5.44. The van der Waals surface area contributed by atoms with Crippen LogP contribution >= 0.6 is 22.6 Å². The van der Waals surface area contributed by atoms with Gasteiger partial charge in [0, 0.05) is 10.7 Å². The first-order chi connectivity index (χ1) is 6.79. The lowest BCUT2D eigenvalue weighted by Gasteiger charge is -2.17. The fourth-order valence-electron chi connectivity index (χ4n) is 1.31. The van der Waals surface area contributed by atoms with E-state index in [1.165, 1.54) is 9.13 Å². The van der Waals surface area contributed by atoms with E-state index in [2.05, 4.69) is 41.6 Å². The van der Waals surface area contributed by atoms with Crippen LogP contribution < -0.4 is 0 Å². The van der Waals surface area contributed by atoms with E-state index in [0.717, 1.165) is 6.42 Å². The molecule has 1 rings (SSSR count). The average Bonchev–Trinajstić information content (AvgIpc) is 2.21. The van der Waals surface area contributed by atoms with Crippen LogP contribution in [-0.4, -0.2) is 13.9 Å². The van der Waals surface area contributed by atoms with E-state index in [-0.39, 0.29) is 6.10 Å². The summed E-state index contributed by atoms with van der Waals surface area (Å²) < 4.78 is 11.7. The Labute approximate surface area is 98.7 Å². The van der Waals surface area contributed by atoms with Gasteiger partial charge >= 0.3 is 0 Å². The highest BCUT2D eigenvalue weighted by molar-refractivity contribution is 14.1. The molecule has 0 saturated carbocycles. The monoisotopic (exact) mass is 306 g/mol. The number of rotatable bonds is 5. The van der Waals surface area contributed by atoms with Crippen LogP contribution in [0.15, 0.2) is 24.3 Å². The second-order valence-corrected chi connectivity index (χ2v) is 4.15. The molecule has 1 unspecified atom stereocenters. The van der Waals surface area contributed by atoms with Gasteiger partial charge in [-0.15, -0.1) is 0 Å². The van der Waals surface area contributed by atoms with Crippen LogP contribution in [0.1, 0.15) is 25.0 Å². The highest BCUT2D eigenvalue weighted by Crippen LogP contribution is 2.25. The third-order valence-corrected chi connectivity index (χ3v) is 2.99. The molecule has 1 aromatic rings. The molecule has 0 aliphatic heterocycles. The number of hydrogen-bond acceptors (Lipinski definition) is 2. The van der Waals surface area contributed by atoms with Crippen LogP contribution in [-0.2, 0) is 9.47 Å². The molecule has 3 heteroatoms. The van der Waals surface area contributed by atoms with Crippen molar-refractivity contribution in [1.82, 2.24) is 0 Å². The summed E-state index contributed by atoms with van der Waals surface area (Å²) in [4.78, 5) is 0. The minimum atomic E-state index is 0.142. The van der Waals surface area contributed by atoms with Crippen molar-refractivity contribution in [2.45, 2.75) is 19.4 Å². The van der Waals surface area contributed by atoms with Gasteiger partial charge < -0.3 is 9.47 Å². The highest BCUT2D eigenvalue weighted by Gasteiger charge is 2.11. The Morgan fingerprint density at radius 1 is 1.36 bits per heavy atom. The molecular formula is C11H15IO2. The molecule has 0 fully saturated rings. The molecule has 0 heterocycles. The van der Waals surface area contributed by atoms with E-state index in [1.54, 1.807) is 7.11 Å². The van der Waals surface area contributed by atoms with Gasteiger partial charge in [-0.2, -0.15) is 0 Å². The van der Waals surface area contributed by atoms with E-state index in [4.69, 9.17) is 9.47 Å². The largest absolute Gasteiger partial charge is 0.359 e. The minimum absolute atomic E-state index is 0.142. The lowest BCUT2D eigenvalue weighted by Crippen LogP contribution is -2.07. The first-order valence-electron chi connectivity index (χ1n) is 4.64. The van der Waals surface area contributed by atoms with Crippen molar-refractivity contribution >= 4 is 22.6 Å². The van der Waals surface area contributed by atoms with E-state index in [0.29, 0.717) is 6.79 Å². The van der Waals surface area contributed by atoms with Crippen LogP contribution in [0.5, 0.6) is 0 Å². The summed E-state index contributed by atoms with van der Waals surface area (Å²) in [7, 11) is 1.64. The molecular weight excluding hydrogens is 291 g/mol. The molecule has 14 heavy (non-hydrogen) atoms. The maximum atomic E-state index is 5.58. The predicted octanol–water partition coefficient (Wildman–Crippen LogP) is 3.36. The van der Waals surface area contributed by atoms with Gasteiger partial charge in [-0.1, -0.05) is 25.1 Å². The maximum Gasteiger partial charge on any atom is 0.147 e. The Morgan fingerprint density at radius 3 is 2.64 bits per heavy atom. The summed E-state index contributed by atoms with van der Waals surface area (Å²) >= 11 is 2.33. The molecule has 78 valence electrons. The molecule has 1 atom stereocenters. The minimum Gasteiger partial charge on any atom is -0.359 e. The van der Waals surface area contributed by atoms with Crippen LogP contribution in [0.2, 0.25) is 0 Å². The standard InChI is InChI=1S/C11H15IO2/c1-3-11(14-8-13-2)9-6-4-5-7-10(9)12/h4-7,11H,3,8H2,1-2H3. The molecule has 0 amide bonds. The molecule has 2 nitrogen and oxygen atoms in total. The van der Waals surface area contributed by atoms with Crippen LogP contribution in [0.3, 0.4) is 0 Å². The summed E-state index contributed by atoms with van der Waals surface area (Å²) in [5.74, 6) is 0. The van der Waals surface area contributed by atoms with Crippen LogP contribution in [0.4, 0.5) is 0 Å². The van der Waals surface area contributed by atoms with Crippen molar-refractivity contribution in [1.29, 1.82) is 0 Å². The molecule has 1 aromatic carbocycles. The number of halogens is 1. The van der Waals surface area contributed by atoms with E-state index in [9.17, 15) is 0 Å². The third-order valence-electron chi connectivity index (χ3n) is 2.01. The summed E-state index contributed by atoms with van der Waals surface area (Å²) in [6, 6.07) is 8.27. The SMILES string of the molecule is CCC(OCOC)c1ccccc1I. The molecule has 0 aliphatic rings. The van der Waals surface area contributed by atoms with Crippen molar-refractivity contribution in [3.8, 4) is 0 Å². The number of methoxy groups -OCH3 is 1. The average molecular weight is 306 g/mol. The second kappa shape index (κ2) is 6.37. The summed E-state index contributed by atoms with van der Waals surface area (Å²) in [6.45, 7) is 2.47. The summed E-state index contributed by atoms with van der Waals surface area (Å²) in [6.07, 6.45) is 1.10. The lowest BCUT2D eigenvalue weighted by molar-refractivity contribution is -0.0745. The van der Waals surface area contributed by atoms with Crippen molar-refractivity contribution in [2.24, 2.45) is 0 Å². The fourth-order valence-corrected chi connectivity index (χ4v) is 2.05. The smallest absolute Gasteiger partial charge is 0.147 e. The zero-order valence-electron chi connectivity index (χ0n) is 8.50. The Morgan fingerprint density at radius 2 is 2.07 bits per heavy atom. The molecule has 0 spiro atoms. The zero-order chi connectivity index (χ0) is 10.4. The summed E-state index contributed by atoms with van der Waals surface area (Å²) in [5.41, 5.74) is 1.24. The maximum absolute atomic E-state index is 5.58. The van der Waals surface area contributed by atoms with Gasteiger partial charge in [0.2, 0.25) is 0 Å². The molecule has 0 N–H and O–H groups in total. The Hall–Kier alpha value is -0.130. The third kappa shape index (κ3) is 3.22. The van der Waals surface area contributed by atoms with E-state index in [1.807, 2.05) is 12.1 Å².